The minimum atomic E-state index is -4.67. The monoisotopic (exact) mass is 348 g/mol. The fraction of sp³-hybridized carbons (Fsp3) is 0. The summed E-state index contributed by atoms with van der Waals surface area (Å²) in [7, 11) is -4.67. The van der Waals surface area contributed by atoms with Gasteiger partial charge in [-0.2, -0.15) is 8.42 Å². The quantitative estimate of drug-likeness (QED) is 0.337. The van der Waals surface area contributed by atoms with Crippen molar-refractivity contribution < 1.29 is 147 Å². The smallest absolute Gasteiger partial charge is 1.00 e. The van der Waals surface area contributed by atoms with Crippen LogP contribution in [-0.2, 0) is 10.4 Å². The standard InChI is InChI=1S/Al.Cs.H2O4S.Rb.5H/c;;1-5(2,3)4;;;;;;/h;;(H2,1,2,3,4);;;;;;/q;+1;;+1;;;;2*-1. The van der Waals surface area contributed by atoms with E-state index < -0.39 is 10.4 Å². The van der Waals surface area contributed by atoms with Crippen LogP contribution in [0.3, 0.4) is 0 Å². The van der Waals surface area contributed by atoms with Crippen LogP contribution >= 0.6 is 0 Å². The normalized spacial score (nSPS) is 7.25. The Balaban J connectivity index is -0.00000000800. The van der Waals surface area contributed by atoms with E-state index in [2.05, 4.69) is 0 Å². The molecule has 0 aromatic rings. The van der Waals surface area contributed by atoms with E-state index >= 15 is 0 Å². The molecule has 0 heterocycles. The maximum Gasteiger partial charge on any atom is 1.00 e. The summed E-state index contributed by atoms with van der Waals surface area (Å²) in [6.45, 7) is 0. The molecule has 0 fully saturated rings. The van der Waals surface area contributed by atoms with E-state index in [9.17, 15) is 0 Å². The second-order valence-electron chi connectivity index (χ2n) is 0.448. The molecule has 0 aromatic heterocycles. The van der Waals surface area contributed by atoms with Gasteiger partial charge in [0.05, 0.1) is 0 Å². The Labute approximate surface area is 169 Å². The average Bonchev–Trinajstić information content (AvgIpc) is 0.722. The largest absolute Gasteiger partial charge is 1.00 e. The first-order valence-electron chi connectivity index (χ1n) is 0.698. The van der Waals surface area contributed by atoms with Gasteiger partial charge >= 0.3 is 137 Å². The number of rotatable bonds is 0. The van der Waals surface area contributed by atoms with Crippen LogP contribution in [-0.4, -0.2) is 34.9 Å². The predicted molar refractivity (Wildman–Crippen MR) is 26.3 cm³/mol. The molecule has 4 nitrogen and oxygen atoms in total. The Bertz CT molecular complexity index is 106. The summed E-state index contributed by atoms with van der Waals surface area (Å²) >= 11 is 0. The molecule has 0 saturated carbocycles. The van der Waals surface area contributed by atoms with Crippen LogP contribution in [0.25, 0.3) is 0 Å². The van der Waals surface area contributed by atoms with Crippen molar-refractivity contribution in [3.8, 4) is 0 Å². The van der Waals surface area contributed by atoms with Crippen LogP contribution in [0.2, 0.25) is 0 Å². The number of hydrogen-bond acceptors (Lipinski definition) is 2. The molecule has 0 aliphatic rings. The van der Waals surface area contributed by atoms with Crippen molar-refractivity contribution in [3.63, 3.8) is 0 Å². The summed E-state index contributed by atoms with van der Waals surface area (Å²) in [5.41, 5.74) is 0. The molecule has 8 heteroatoms. The maximum absolute atomic E-state index is 8.74. The van der Waals surface area contributed by atoms with Gasteiger partial charge in [0.1, 0.15) is 0 Å². The van der Waals surface area contributed by atoms with Gasteiger partial charge < -0.3 is 2.85 Å². The molecule has 0 aliphatic carbocycles. The third-order valence-corrected chi connectivity index (χ3v) is 0. The molecule has 0 bridgehead atoms. The van der Waals surface area contributed by atoms with E-state index in [-0.39, 0.29) is 147 Å². The Morgan fingerprint density at radius 3 is 1.25 bits per heavy atom. The van der Waals surface area contributed by atoms with Crippen LogP contribution < -0.4 is 127 Å². The first kappa shape index (κ1) is 22.8. The topological polar surface area (TPSA) is 74.6 Å². The summed E-state index contributed by atoms with van der Waals surface area (Å²) in [5.74, 6) is 0. The molecule has 2 N–H and O–H groups in total. The van der Waals surface area contributed by atoms with Crippen molar-refractivity contribution in [2.24, 2.45) is 0 Å². The molecule has 42 valence electrons. The zero-order valence-electron chi connectivity index (χ0n) is 6.12. The van der Waals surface area contributed by atoms with Gasteiger partial charge in [0.25, 0.3) is 0 Å². The van der Waals surface area contributed by atoms with Crippen molar-refractivity contribution in [3.05, 3.63) is 0 Å². The summed E-state index contributed by atoms with van der Waals surface area (Å²) in [5, 5.41) is 0. The Hall–Kier alpha value is 4.26. The van der Waals surface area contributed by atoms with E-state index in [4.69, 9.17) is 17.5 Å². The van der Waals surface area contributed by atoms with Crippen LogP contribution in [0, 0.1) is 0 Å². The molecule has 0 aliphatic heterocycles. The Morgan fingerprint density at radius 2 is 1.25 bits per heavy atom. The van der Waals surface area contributed by atoms with Crippen molar-refractivity contribution in [1.82, 2.24) is 0 Å². The van der Waals surface area contributed by atoms with Crippen molar-refractivity contribution in [2.75, 3.05) is 0 Å². The van der Waals surface area contributed by atoms with E-state index in [0.29, 0.717) is 0 Å². The molecule has 0 saturated heterocycles. The fourth-order valence-corrected chi connectivity index (χ4v) is 0. The minimum absolute atomic E-state index is 0. The van der Waals surface area contributed by atoms with Crippen LogP contribution in [0.4, 0.5) is 0 Å². The molecule has 0 amide bonds. The Morgan fingerprint density at radius 1 is 1.25 bits per heavy atom. The molecule has 0 unspecified atom stereocenters. The van der Waals surface area contributed by atoms with Crippen LogP contribution in [0.1, 0.15) is 2.85 Å². The van der Waals surface area contributed by atoms with Gasteiger partial charge in [0.15, 0.2) is 17.4 Å². The molecule has 0 atom stereocenters. The second kappa shape index (κ2) is 11.3. The molecule has 0 spiro atoms. The van der Waals surface area contributed by atoms with E-state index in [1.807, 2.05) is 0 Å². The summed E-state index contributed by atoms with van der Waals surface area (Å²) in [4.78, 5) is 0. The molecule has 8 heavy (non-hydrogen) atoms. The first-order valence-corrected chi connectivity index (χ1v) is 2.10. The van der Waals surface area contributed by atoms with E-state index in [1.165, 1.54) is 0 Å². The van der Waals surface area contributed by atoms with Gasteiger partial charge in [0, 0.05) is 0 Å². The molecular formula is H7AlCsO4RbS. The zero-order valence-corrected chi connectivity index (χ0v) is 16.1. The third-order valence-electron chi connectivity index (χ3n) is 0. The van der Waals surface area contributed by atoms with Gasteiger partial charge in [-0.1, -0.05) is 0 Å². The Kier molecular flexibility index (Phi) is 32.1. The second-order valence-corrected chi connectivity index (χ2v) is 1.34. The van der Waals surface area contributed by atoms with Crippen molar-refractivity contribution in [1.29, 1.82) is 0 Å². The van der Waals surface area contributed by atoms with Gasteiger partial charge in [-0.3, -0.25) is 9.11 Å². The minimum Gasteiger partial charge on any atom is -1.00 e. The molecule has 0 radical (unpaired) electrons. The van der Waals surface area contributed by atoms with Crippen molar-refractivity contribution in [2.45, 2.75) is 0 Å². The SMILES string of the molecule is O=S(=O)(O)O.[AlH3].[Cs+].[H-].[H-].[Rb+]. The van der Waals surface area contributed by atoms with Crippen molar-refractivity contribution >= 4 is 27.8 Å². The van der Waals surface area contributed by atoms with Crippen LogP contribution in [0.5, 0.6) is 0 Å². The summed E-state index contributed by atoms with van der Waals surface area (Å²) in [6, 6.07) is 0. The van der Waals surface area contributed by atoms with Crippen LogP contribution in [0.15, 0.2) is 0 Å². The average molecular weight is 348 g/mol. The van der Waals surface area contributed by atoms with Gasteiger partial charge in [-0.25, -0.2) is 0 Å². The maximum atomic E-state index is 8.74. The van der Waals surface area contributed by atoms with E-state index in [1.54, 1.807) is 0 Å². The predicted octanol–water partition coefficient (Wildman–Crippen LogP) is -7.60. The third kappa shape index (κ3) is 48.5. The summed E-state index contributed by atoms with van der Waals surface area (Å²) < 4.78 is 31.6. The first-order chi connectivity index (χ1) is 2.00. The van der Waals surface area contributed by atoms with Gasteiger partial charge in [0.2, 0.25) is 0 Å². The molecule has 0 aromatic carbocycles. The zero-order chi connectivity index (χ0) is 4.50. The number of hydrogen-bond donors (Lipinski definition) is 2. The molecular weight excluding hydrogens is 341 g/mol. The van der Waals surface area contributed by atoms with Gasteiger partial charge in [-0.15, -0.1) is 0 Å². The fourth-order valence-electron chi connectivity index (χ4n) is 0. The van der Waals surface area contributed by atoms with E-state index in [0.717, 1.165) is 0 Å². The molecule has 0 rings (SSSR count). The van der Waals surface area contributed by atoms with Gasteiger partial charge in [-0.05, 0) is 0 Å². The summed E-state index contributed by atoms with van der Waals surface area (Å²) in [6.07, 6.45) is 0.